The Morgan fingerprint density at radius 2 is 1.18 bits per heavy atom. The van der Waals surface area contributed by atoms with E-state index in [1.54, 1.807) is 65.2 Å². The zero-order valence-corrected chi connectivity index (χ0v) is 22.7. The molecule has 0 saturated heterocycles. The number of furan rings is 1. The van der Waals surface area contributed by atoms with E-state index in [2.05, 4.69) is 9.97 Å². The first-order valence-electron chi connectivity index (χ1n) is 19.2. The van der Waals surface area contributed by atoms with Gasteiger partial charge in [-0.2, -0.15) is 0 Å². The lowest BCUT2D eigenvalue weighted by molar-refractivity contribution is 0.669. The quantitative estimate of drug-likeness (QED) is 0.210. The molecule has 9 aromatic rings. The average Bonchev–Trinajstić information content (AvgIpc) is 3.75. The fourth-order valence-electron chi connectivity index (χ4n) is 5.58. The smallest absolute Gasteiger partial charge is 0.164 e. The molecule has 5 heteroatoms. The topological polar surface area (TPSA) is 56.7 Å². The van der Waals surface area contributed by atoms with Crippen LogP contribution < -0.4 is 0 Å². The van der Waals surface area contributed by atoms with Crippen molar-refractivity contribution in [1.29, 1.82) is 0 Å². The number of benzene rings is 6. The summed E-state index contributed by atoms with van der Waals surface area (Å²) in [7, 11) is 0. The third-order valence-electron chi connectivity index (χ3n) is 7.49. The van der Waals surface area contributed by atoms with Crippen LogP contribution in [-0.4, -0.2) is 19.5 Å². The number of para-hydroxylation sites is 2. The van der Waals surface area contributed by atoms with Crippen molar-refractivity contribution in [2.45, 2.75) is 0 Å². The average molecular weight is 576 g/mol. The Kier molecular flexibility index (Phi) is 3.54. The molecule has 5 nitrogen and oxygen atoms in total. The zero-order valence-electron chi connectivity index (χ0n) is 33.7. The summed E-state index contributed by atoms with van der Waals surface area (Å²) in [5.41, 5.74) is 2.72. The second kappa shape index (κ2) is 9.75. The maximum Gasteiger partial charge on any atom is 0.164 e. The Hall–Kier alpha value is -6.07. The van der Waals surface area contributed by atoms with Crippen LogP contribution >= 0.6 is 0 Å². The summed E-state index contributed by atoms with van der Waals surface area (Å²) < 4.78 is 102. The molecule has 0 radical (unpaired) electrons. The molecule has 0 unspecified atom stereocenters. The molecule has 44 heavy (non-hydrogen) atoms. The molecule has 0 aliphatic carbocycles. The Balaban J connectivity index is 1.30. The van der Waals surface area contributed by atoms with Gasteiger partial charge in [0.05, 0.1) is 37.2 Å². The van der Waals surface area contributed by atoms with Gasteiger partial charge < -0.3 is 8.98 Å². The minimum Gasteiger partial charge on any atom is -0.456 e. The van der Waals surface area contributed by atoms with Gasteiger partial charge in [-0.3, -0.25) is 0 Å². The SMILES string of the molecule is [2H]c1cc([2H])c2c(c1[2H])c1c([2H])c([2H])cc([2H])c1n2-c1cccc2oc3cc(-c4nc(-c5ccccc5)nc(-c5c([2H])c([2H])c([2H])c([2H])c5[2H])n4)ccc3c12. The summed E-state index contributed by atoms with van der Waals surface area (Å²) in [6, 6.07) is 18.6. The Bertz CT molecular complexity index is 3030. The van der Waals surface area contributed by atoms with Crippen molar-refractivity contribution >= 4 is 43.7 Å². The predicted molar refractivity (Wildman–Crippen MR) is 178 cm³/mol. The van der Waals surface area contributed by atoms with E-state index in [4.69, 9.17) is 24.5 Å². The van der Waals surface area contributed by atoms with Gasteiger partial charge in [-0.25, -0.2) is 15.0 Å². The van der Waals surface area contributed by atoms with Gasteiger partial charge in [0.25, 0.3) is 0 Å². The van der Waals surface area contributed by atoms with E-state index in [0.29, 0.717) is 38.8 Å². The molecule has 0 atom stereocenters. The van der Waals surface area contributed by atoms with Crippen molar-refractivity contribution in [3.05, 3.63) is 145 Å². The number of aromatic nitrogens is 4. The number of hydrogen-bond acceptors (Lipinski definition) is 4. The third-order valence-corrected chi connectivity index (χ3v) is 7.49. The highest BCUT2D eigenvalue weighted by atomic mass is 16.3. The first-order valence-corrected chi connectivity index (χ1v) is 13.7. The maximum atomic E-state index is 8.91. The van der Waals surface area contributed by atoms with E-state index in [9.17, 15) is 0 Å². The molecule has 0 aliphatic heterocycles. The van der Waals surface area contributed by atoms with Gasteiger partial charge in [0, 0.05) is 32.8 Å². The Morgan fingerprint density at radius 3 is 1.91 bits per heavy atom. The molecule has 0 N–H and O–H groups in total. The summed E-state index contributed by atoms with van der Waals surface area (Å²) in [6.07, 6.45) is 0. The van der Waals surface area contributed by atoms with E-state index in [1.807, 2.05) is 6.07 Å². The number of nitrogens with zero attached hydrogens (tertiary/aromatic N) is 4. The van der Waals surface area contributed by atoms with Gasteiger partial charge in [0.2, 0.25) is 0 Å². The largest absolute Gasteiger partial charge is 0.456 e. The number of hydrogen-bond donors (Lipinski definition) is 0. The first-order chi connectivity index (χ1) is 26.3. The summed E-state index contributed by atoms with van der Waals surface area (Å²) in [5, 5.41) is 1.53. The summed E-state index contributed by atoms with van der Waals surface area (Å²) in [6.45, 7) is 0. The van der Waals surface area contributed by atoms with Crippen molar-refractivity contribution < 1.29 is 19.5 Å². The molecular formula is C39H24N4O. The molecule has 0 amide bonds. The molecule has 3 aromatic heterocycles. The summed E-state index contributed by atoms with van der Waals surface area (Å²) in [5.74, 6) is 0.268. The summed E-state index contributed by atoms with van der Waals surface area (Å²) >= 11 is 0. The lowest BCUT2D eigenvalue weighted by atomic mass is 10.1. The highest BCUT2D eigenvalue weighted by Gasteiger charge is 2.19. The Labute approximate surface area is 268 Å². The highest BCUT2D eigenvalue weighted by molar-refractivity contribution is 6.14. The van der Waals surface area contributed by atoms with Crippen LogP contribution in [0.4, 0.5) is 0 Å². The monoisotopic (exact) mass is 575 g/mol. The highest BCUT2D eigenvalue weighted by Crippen LogP contribution is 2.39. The molecule has 206 valence electrons. The van der Waals surface area contributed by atoms with Crippen molar-refractivity contribution in [2.24, 2.45) is 0 Å². The molecule has 0 fully saturated rings. The standard InChI is InChI=1S/C39H24N4O/c1-3-12-25(13-4-1)37-40-38(26-14-5-2-6-15-26)42-39(41-37)27-22-23-30-35(24-27)44-34-21-11-20-33(36(30)34)43-31-18-9-7-16-28(31)29-17-8-10-19-32(29)43/h1-24H/i1D,3D,4D,7D,8D,12D,13D,16D,17D,18D,19D. The third kappa shape index (κ3) is 3.83. The molecule has 0 bridgehead atoms. The van der Waals surface area contributed by atoms with Crippen LogP contribution in [0.3, 0.4) is 0 Å². The number of fused-ring (bicyclic) bond motifs is 6. The van der Waals surface area contributed by atoms with Gasteiger partial charge in [-0.15, -0.1) is 0 Å². The predicted octanol–water partition coefficient (Wildman–Crippen LogP) is 9.87. The molecule has 9 rings (SSSR count). The van der Waals surface area contributed by atoms with E-state index in [0.717, 1.165) is 0 Å². The minimum absolute atomic E-state index is 0.0800. The van der Waals surface area contributed by atoms with Crippen LogP contribution in [0.15, 0.2) is 150 Å². The van der Waals surface area contributed by atoms with Gasteiger partial charge >= 0.3 is 0 Å². The fourth-order valence-corrected chi connectivity index (χ4v) is 5.58. The number of rotatable bonds is 4. The van der Waals surface area contributed by atoms with Crippen LogP contribution in [0.5, 0.6) is 0 Å². The van der Waals surface area contributed by atoms with Gasteiger partial charge in [-0.1, -0.05) is 109 Å². The normalized spacial score (nSPS) is 15.1. The van der Waals surface area contributed by atoms with Crippen LogP contribution in [0.2, 0.25) is 0 Å². The van der Waals surface area contributed by atoms with E-state index in [-0.39, 0.29) is 81.1 Å². The summed E-state index contributed by atoms with van der Waals surface area (Å²) in [4.78, 5) is 13.9. The van der Waals surface area contributed by atoms with Crippen molar-refractivity contribution in [2.75, 3.05) is 0 Å². The van der Waals surface area contributed by atoms with Crippen molar-refractivity contribution in [3.63, 3.8) is 0 Å². The van der Waals surface area contributed by atoms with Crippen LogP contribution in [0.1, 0.15) is 15.1 Å². The molecule has 0 aliphatic rings. The minimum atomic E-state index is -0.535. The first kappa shape index (κ1) is 16.0. The molecule has 6 aromatic carbocycles. The molecule has 0 saturated carbocycles. The van der Waals surface area contributed by atoms with Crippen molar-refractivity contribution in [3.8, 4) is 39.9 Å². The van der Waals surface area contributed by atoms with Crippen LogP contribution in [0, 0.1) is 0 Å². The fraction of sp³-hybridized carbons (Fsp3) is 0. The maximum absolute atomic E-state index is 8.91. The Morgan fingerprint density at radius 1 is 0.500 bits per heavy atom. The molecule has 0 spiro atoms. The van der Waals surface area contributed by atoms with Gasteiger partial charge in [0.15, 0.2) is 17.5 Å². The zero-order chi connectivity index (χ0) is 38.6. The van der Waals surface area contributed by atoms with E-state index < -0.39 is 30.2 Å². The molecular weight excluding hydrogens is 540 g/mol. The second-order valence-corrected chi connectivity index (χ2v) is 10.0. The second-order valence-electron chi connectivity index (χ2n) is 10.0. The lowest BCUT2D eigenvalue weighted by Gasteiger charge is -2.10. The van der Waals surface area contributed by atoms with E-state index in [1.165, 1.54) is 12.1 Å². The lowest BCUT2D eigenvalue weighted by Crippen LogP contribution is -2.00. The van der Waals surface area contributed by atoms with Crippen LogP contribution in [-0.2, 0) is 0 Å². The molecule has 3 heterocycles. The van der Waals surface area contributed by atoms with E-state index >= 15 is 0 Å². The van der Waals surface area contributed by atoms with Crippen molar-refractivity contribution in [1.82, 2.24) is 19.5 Å². The van der Waals surface area contributed by atoms with Gasteiger partial charge in [0.1, 0.15) is 11.2 Å². The van der Waals surface area contributed by atoms with Crippen LogP contribution in [0.25, 0.3) is 83.6 Å². The van der Waals surface area contributed by atoms with Gasteiger partial charge in [-0.05, 0) is 36.4 Å².